The maximum Gasteiger partial charge on any atom is 0.261 e. The molecule has 0 aliphatic heterocycles. The lowest BCUT2D eigenvalue weighted by atomic mass is 10.1. The number of nitrogens with zero attached hydrogens (tertiary/aromatic N) is 3. The van der Waals surface area contributed by atoms with Crippen molar-refractivity contribution in [3.63, 3.8) is 0 Å². The molecule has 2 aromatic carbocycles. The van der Waals surface area contributed by atoms with Gasteiger partial charge in [0.05, 0.1) is 17.7 Å². The Labute approximate surface area is 180 Å². The van der Waals surface area contributed by atoms with Crippen LogP contribution in [-0.4, -0.2) is 29.8 Å². The number of aryl methyl sites for hydroxylation is 2. The van der Waals surface area contributed by atoms with E-state index < -0.39 is 0 Å². The summed E-state index contributed by atoms with van der Waals surface area (Å²) >= 11 is 7.66. The fraction of sp³-hybridized carbons (Fsp3) is 0.318. The molecule has 1 amide bonds. The third-order valence-electron chi connectivity index (χ3n) is 4.64. The Hall–Kier alpha value is -2.44. The van der Waals surface area contributed by atoms with Crippen molar-refractivity contribution in [2.75, 3.05) is 18.6 Å². The second kappa shape index (κ2) is 9.37. The lowest BCUT2D eigenvalue weighted by Gasteiger charge is -2.19. The summed E-state index contributed by atoms with van der Waals surface area (Å²) in [6.07, 6.45) is 1.83. The van der Waals surface area contributed by atoms with Crippen LogP contribution in [0.3, 0.4) is 0 Å². The maximum atomic E-state index is 13.2. The normalized spacial score (nSPS) is 10.8. The summed E-state index contributed by atoms with van der Waals surface area (Å²) in [7, 11) is 1.67. The van der Waals surface area contributed by atoms with E-state index >= 15 is 0 Å². The van der Waals surface area contributed by atoms with Crippen LogP contribution >= 0.6 is 22.9 Å². The van der Waals surface area contributed by atoms with E-state index in [4.69, 9.17) is 16.3 Å². The predicted octanol–water partition coefficient (Wildman–Crippen LogP) is 5.93. The van der Waals surface area contributed by atoms with Crippen LogP contribution < -0.4 is 9.64 Å². The highest BCUT2D eigenvalue weighted by Crippen LogP contribution is 2.34. The van der Waals surface area contributed by atoms with Crippen LogP contribution in [0.5, 0.6) is 5.75 Å². The van der Waals surface area contributed by atoms with E-state index in [1.165, 1.54) is 11.3 Å². The number of halogens is 1. The summed E-state index contributed by atoms with van der Waals surface area (Å²) in [4.78, 5) is 14.8. The zero-order valence-corrected chi connectivity index (χ0v) is 18.6. The van der Waals surface area contributed by atoms with Crippen molar-refractivity contribution in [2.24, 2.45) is 0 Å². The quantitative estimate of drug-likeness (QED) is 0.467. The second-order valence-electron chi connectivity index (χ2n) is 6.82. The number of hydrogen-bond donors (Lipinski definition) is 0. The van der Waals surface area contributed by atoms with Gasteiger partial charge >= 0.3 is 0 Å². The Morgan fingerprint density at radius 1 is 1.17 bits per heavy atom. The highest BCUT2D eigenvalue weighted by atomic mass is 35.5. The molecule has 0 spiro atoms. The van der Waals surface area contributed by atoms with Crippen molar-refractivity contribution in [1.29, 1.82) is 0 Å². The molecule has 0 aliphatic rings. The van der Waals surface area contributed by atoms with Crippen molar-refractivity contribution in [3.05, 3.63) is 58.1 Å². The Bertz CT molecular complexity index is 996. The van der Waals surface area contributed by atoms with Crippen molar-refractivity contribution < 1.29 is 9.53 Å². The lowest BCUT2D eigenvalue weighted by Crippen LogP contribution is -2.32. The van der Waals surface area contributed by atoms with E-state index in [-0.39, 0.29) is 5.91 Å². The molecule has 3 aromatic rings. The molecule has 0 radical (unpaired) electrons. The first-order valence-corrected chi connectivity index (χ1v) is 10.7. The topological polar surface area (TPSA) is 55.3 Å². The minimum absolute atomic E-state index is 0.158. The summed E-state index contributed by atoms with van der Waals surface area (Å²) in [6.45, 7) is 6.67. The van der Waals surface area contributed by atoms with E-state index in [0.717, 1.165) is 40.3 Å². The van der Waals surface area contributed by atoms with Gasteiger partial charge in [-0.05, 0) is 55.7 Å². The predicted molar refractivity (Wildman–Crippen MR) is 119 cm³/mol. The third-order valence-corrected chi connectivity index (χ3v) is 5.97. The van der Waals surface area contributed by atoms with Gasteiger partial charge in [-0.1, -0.05) is 48.4 Å². The molecular formula is C22H24ClN3O2S. The van der Waals surface area contributed by atoms with E-state index in [1.807, 2.05) is 38.1 Å². The molecule has 0 atom stereocenters. The Morgan fingerprint density at radius 3 is 2.48 bits per heavy atom. The minimum atomic E-state index is -0.158. The number of methoxy groups -OCH3 is 1. The molecule has 0 saturated heterocycles. The minimum Gasteiger partial charge on any atom is -0.496 e. The Morgan fingerprint density at radius 2 is 1.86 bits per heavy atom. The van der Waals surface area contributed by atoms with Crippen LogP contribution in [0.4, 0.5) is 5.13 Å². The van der Waals surface area contributed by atoms with E-state index in [9.17, 15) is 4.79 Å². The molecule has 29 heavy (non-hydrogen) atoms. The lowest BCUT2D eigenvalue weighted by molar-refractivity contribution is 0.0986. The van der Waals surface area contributed by atoms with Gasteiger partial charge in [-0.15, -0.1) is 10.2 Å². The highest BCUT2D eigenvalue weighted by molar-refractivity contribution is 7.18. The van der Waals surface area contributed by atoms with Crippen LogP contribution in [0.15, 0.2) is 36.4 Å². The van der Waals surface area contributed by atoms with Gasteiger partial charge in [-0.3, -0.25) is 9.69 Å². The van der Waals surface area contributed by atoms with Crippen LogP contribution in [0.1, 0.15) is 41.3 Å². The highest BCUT2D eigenvalue weighted by Gasteiger charge is 2.23. The summed E-state index contributed by atoms with van der Waals surface area (Å²) < 4.78 is 5.45. The second-order valence-corrected chi connectivity index (χ2v) is 8.19. The van der Waals surface area contributed by atoms with Gasteiger partial charge in [-0.25, -0.2) is 0 Å². The number of benzene rings is 2. The summed E-state index contributed by atoms with van der Waals surface area (Å²) in [6, 6.07) is 11.1. The number of anilines is 1. The number of carbonyl (C=O) groups excluding carboxylic acids is 1. The van der Waals surface area contributed by atoms with Crippen molar-refractivity contribution in [1.82, 2.24) is 10.2 Å². The van der Waals surface area contributed by atoms with Crippen LogP contribution in [-0.2, 0) is 0 Å². The molecule has 0 fully saturated rings. The van der Waals surface area contributed by atoms with E-state index in [2.05, 4.69) is 17.1 Å². The van der Waals surface area contributed by atoms with Crippen LogP contribution in [0, 0.1) is 13.8 Å². The summed E-state index contributed by atoms with van der Waals surface area (Å²) in [5.41, 5.74) is 3.51. The van der Waals surface area contributed by atoms with Gasteiger partial charge in [0, 0.05) is 12.1 Å². The van der Waals surface area contributed by atoms with Crippen molar-refractivity contribution >= 4 is 34.0 Å². The maximum absolute atomic E-state index is 13.2. The van der Waals surface area contributed by atoms with Gasteiger partial charge in [0.1, 0.15) is 10.8 Å². The van der Waals surface area contributed by atoms with E-state index in [1.54, 1.807) is 24.1 Å². The Balaban J connectivity index is 1.96. The molecule has 0 unspecified atom stereocenters. The van der Waals surface area contributed by atoms with Gasteiger partial charge < -0.3 is 4.74 Å². The molecule has 0 bridgehead atoms. The smallest absolute Gasteiger partial charge is 0.261 e. The molecule has 152 valence electrons. The number of carbonyl (C=O) groups is 1. The standard InChI is InChI=1S/C22H24ClN3O2S/c1-5-6-11-26(21(27)17-9-7-8-10-18(17)23)22-25-24-20(29-22)16-12-14(2)19(28-4)15(3)13-16/h7-10,12-13H,5-6,11H2,1-4H3. The van der Waals surface area contributed by atoms with Gasteiger partial charge in [0.25, 0.3) is 5.91 Å². The van der Waals surface area contributed by atoms with Gasteiger partial charge in [0.2, 0.25) is 5.13 Å². The fourth-order valence-corrected chi connectivity index (χ4v) is 4.29. The van der Waals surface area contributed by atoms with Crippen molar-refractivity contribution in [2.45, 2.75) is 33.6 Å². The van der Waals surface area contributed by atoms with E-state index in [0.29, 0.717) is 22.3 Å². The molecule has 7 heteroatoms. The molecule has 1 aromatic heterocycles. The molecule has 3 rings (SSSR count). The third kappa shape index (κ3) is 4.60. The first-order chi connectivity index (χ1) is 14.0. The largest absolute Gasteiger partial charge is 0.496 e. The molecule has 1 heterocycles. The van der Waals surface area contributed by atoms with Crippen LogP contribution in [0.25, 0.3) is 10.6 Å². The zero-order chi connectivity index (χ0) is 21.0. The summed E-state index contributed by atoms with van der Waals surface area (Å²) in [5.74, 6) is 0.714. The SMILES string of the molecule is CCCCN(C(=O)c1ccccc1Cl)c1nnc(-c2cc(C)c(OC)c(C)c2)s1. The number of hydrogen-bond acceptors (Lipinski definition) is 5. The number of rotatable bonds is 7. The fourth-order valence-electron chi connectivity index (χ4n) is 3.22. The Kier molecular flexibility index (Phi) is 6.87. The van der Waals surface area contributed by atoms with Gasteiger partial charge in [-0.2, -0.15) is 0 Å². The number of unbranched alkanes of at least 4 members (excludes halogenated alkanes) is 1. The number of amides is 1. The van der Waals surface area contributed by atoms with Gasteiger partial charge in [0.15, 0.2) is 0 Å². The number of aromatic nitrogens is 2. The van der Waals surface area contributed by atoms with Crippen molar-refractivity contribution in [3.8, 4) is 16.3 Å². The first-order valence-electron chi connectivity index (χ1n) is 9.51. The molecule has 0 saturated carbocycles. The molecule has 0 N–H and O–H groups in total. The number of ether oxygens (including phenoxy) is 1. The monoisotopic (exact) mass is 429 g/mol. The zero-order valence-electron chi connectivity index (χ0n) is 17.0. The van der Waals surface area contributed by atoms with Crippen LogP contribution in [0.2, 0.25) is 5.02 Å². The first kappa shape index (κ1) is 21.3. The molecular weight excluding hydrogens is 406 g/mol. The molecule has 5 nitrogen and oxygen atoms in total. The average Bonchev–Trinajstić information content (AvgIpc) is 3.18. The summed E-state index contributed by atoms with van der Waals surface area (Å²) in [5, 5.41) is 10.5. The average molecular weight is 430 g/mol. The molecule has 0 aliphatic carbocycles.